The molecule has 1 aliphatic heterocycles. The fourth-order valence-corrected chi connectivity index (χ4v) is 3.60. The molecule has 0 amide bonds. The molecule has 1 fully saturated rings. The number of nitrogens with one attached hydrogen (secondary N) is 1. The van der Waals surface area contributed by atoms with Gasteiger partial charge >= 0.3 is 0 Å². The second kappa shape index (κ2) is 7.35. The molecule has 0 aliphatic carbocycles. The Kier molecular flexibility index (Phi) is 5.74. The van der Waals surface area contributed by atoms with E-state index < -0.39 is 10.0 Å². The highest BCUT2D eigenvalue weighted by atomic mass is 32.2. The predicted octanol–water partition coefficient (Wildman–Crippen LogP) is 0.292. The zero-order valence-electron chi connectivity index (χ0n) is 12.7. The largest absolute Gasteiger partial charge is 0.380 e. The standard InChI is InChI=1S/C13H24N4O3S/c1-12(2)14-4-6-16-11-13(10-15-16)21(18,19)17-5-3-8-20-9-7-17/h10-12,14H,3-9H2,1-2H3. The van der Waals surface area contributed by atoms with Crippen molar-refractivity contribution >= 4 is 10.0 Å². The van der Waals surface area contributed by atoms with Crippen LogP contribution in [-0.2, 0) is 21.3 Å². The van der Waals surface area contributed by atoms with Gasteiger partial charge in [-0.25, -0.2) is 8.42 Å². The van der Waals surface area contributed by atoms with Gasteiger partial charge < -0.3 is 10.1 Å². The topological polar surface area (TPSA) is 76.5 Å². The number of ether oxygens (including phenoxy) is 1. The molecule has 8 heteroatoms. The summed E-state index contributed by atoms with van der Waals surface area (Å²) in [5.41, 5.74) is 0. The Labute approximate surface area is 126 Å². The molecule has 1 saturated heterocycles. The van der Waals surface area contributed by atoms with Crippen molar-refractivity contribution < 1.29 is 13.2 Å². The summed E-state index contributed by atoms with van der Waals surface area (Å²) in [5, 5.41) is 7.41. The summed E-state index contributed by atoms with van der Waals surface area (Å²) < 4.78 is 33.5. The first-order chi connectivity index (χ1) is 10.00. The maximum absolute atomic E-state index is 12.5. The lowest BCUT2D eigenvalue weighted by atomic mass is 10.4. The van der Waals surface area contributed by atoms with Gasteiger partial charge in [-0.3, -0.25) is 4.68 Å². The summed E-state index contributed by atoms with van der Waals surface area (Å²) in [6, 6.07) is 0.404. The van der Waals surface area contributed by atoms with E-state index in [-0.39, 0.29) is 4.90 Å². The number of hydrogen-bond donors (Lipinski definition) is 1. The molecule has 2 rings (SSSR count). The van der Waals surface area contributed by atoms with Crippen LogP contribution < -0.4 is 5.32 Å². The van der Waals surface area contributed by atoms with Gasteiger partial charge in [0.1, 0.15) is 4.90 Å². The van der Waals surface area contributed by atoms with Crippen molar-refractivity contribution in [2.45, 2.75) is 37.8 Å². The van der Waals surface area contributed by atoms with Crippen LogP contribution in [-0.4, -0.2) is 61.4 Å². The Balaban J connectivity index is 2.01. The molecule has 0 radical (unpaired) electrons. The lowest BCUT2D eigenvalue weighted by Crippen LogP contribution is -2.33. The van der Waals surface area contributed by atoms with Gasteiger partial charge in [-0.1, -0.05) is 13.8 Å². The second-order valence-electron chi connectivity index (χ2n) is 5.42. The van der Waals surface area contributed by atoms with Crippen LogP contribution in [0.3, 0.4) is 0 Å². The molecule has 1 aliphatic rings. The van der Waals surface area contributed by atoms with Gasteiger partial charge in [0, 0.05) is 38.5 Å². The van der Waals surface area contributed by atoms with E-state index in [9.17, 15) is 8.42 Å². The van der Waals surface area contributed by atoms with Crippen LogP contribution in [0.2, 0.25) is 0 Å². The first kappa shape index (κ1) is 16.4. The summed E-state index contributed by atoms with van der Waals surface area (Å²) in [6.07, 6.45) is 3.76. The van der Waals surface area contributed by atoms with Crippen LogP contribution in [0, 0.1) is 0 Å². The van der Waals surface area contributed by atoms with E-state index in [0.717, 1.165) is 13.0 Å². The first-order valence-electron chi connectivity index (χ1n) is 7.34. The maximum Gasteiger partial charge on any atom is 0.246 e. The Morgan fingerprint density at radius 2 is 2.19 bits per heavy atom. The Morgan fingerprint density at radius 1 is 1.38 bits per heavy atom. The minimum absolute atomic E-state index is 0.258. The molecule has 21 heavy (non-hydrogen) atoms. The first-order valence-corrected chi connectivity index (χ1v) is 8.78. The quantitative estimate of drug-likeness (QED) is 0.816. The summed E-state index contributed by atoms with van der Waals surface area (Å²) in [4.78, 5) is 0.258. The lowest BCUT2D eigenvalue weighted by molar-refractivity contribution is 0.148. The Hall–Kier alpha value is -0.960. The minimum atomic E-state index is -3.46. The predicted molar refractivity (Wildman–Crippen MR) is 79.6 cm³/mol. The van der Waals surface area contributed by atoms with Gasteiger partial charge in [0.05, 0.1) is 19.3 Å². The SMILES string of the molecule is CC(C)NCCn1cc(S(=O)(=O)N2CCCOCC2)cn1. The third-order valence-electron chi connectivity index (χ3n) is 3.32. The Morgan fingerprint density at radius 3 is 2.95 bits per heavy atom. The smallest absolute Gasteiger partial charge is 0.246 e. The fourth-order valence-electron chi connectivity index (χ4n) is 2.18. The fraction of sp³-hybridized carbons (Fsp3) is 0.769. The molecule has 0 atom stereocenters. The molecule has 7 nitrogen and oxygen atoms in total. The van der Waals surface area contributed by atoms with Gasteiger partial charge in [0.15, 0.2) is 0 Å². The summed E-state index contributed by atoms with van der Waals surface area (Å²) in [6.45, 7) is 7.52. The van der Waals surface area contributed by atoms with Crippen LogP contribution in [0.4, 0.5) is 0 Å². The van der Waals surface area contributed by atoms with E-state index in [4.69, 9.17) is 4.74 Å². The summed E-state index contributed by atoms with van der Waals surface area (Å²) >= 11 is 0. The van der Waals surface area contributed by atoms with E-state index in [2.05, 4.69) is 24.3 Å². The zero-order chi connectivity index (χ0) is 15.3. The summed E-state index contributed by atoms with van der Waals surface area (Å²) in [5.74, 6) is 0. The van der Waals surface area contributed by atoms with Crippen molar-refractivity contribution in [3.8, 4) is 0 Å². The summed E-state index contributed by atoms with van der Waals surface area (Å²) in [7, 11) is -3.46. The van der Waals surface area contributed by atoms with Crippen LogP contribution >= 0.6 is 0 Å². The van der Waals surface area contributed by atoms with Crippen molar-refractivity contribution in [3.05, 3.63) is 12.4 Å². The van der Waals surface area contributed by atoms with Gasteiger partial charge in [-0.05, 0) is 6.42 Å². The van der Waals surface area contributed by atoms with Crippen LogP contribution in [0.1, 0.15) is 20.3 Å². The van der Waals surface area contributed by atoms with E-state index >= 15 is 0 Å². The van der Waals surface area contributed by atoms with Crippen molar-refractivity contribution in [3.63, 3.8) is 0 Å². The van der Waals surface area contributed by atoms with E-state index in [1.54, 1.807) is 10.9 Å². The molecule has 120 valence electrons. The van der Waals surface area contributed by atoms with Gasteiger partial charge in [-0.2, -0.15) is 9.40 Å². The number of rotatable bonds is 6. The van der Waals surface area contributed by atoms with Crippen molar-refractivity contribution in [1.82, 2.24) is 19.4 Å². The molecule has 1 N–H and O–H groups in total. The molecule has 0 bridgehead atoms. The number of hydrogen-bond acceptors (Lipinski definition) is 5. The third kappa shape index (κ3) is 4.50. The van der Waals surface area contributed by atoms with Crippen LogP contribution in [0.5, 0.6) is 0 Å². The minimum Gasteiger partial charge on any atom is -0.380 e. The highest BCUT2D eigenvalue weighted by Gasteiger charge is 2.26. The van der Waals surface area contributed by atoms with E-state index in [0.29, 0.717) is 38.9 Å². The number of aromatic nitrogens is 2. The van der Waals surface area contributed by atoms with Crippen LogP contribution in [0.25, 0.3) is 0 Å². The Bertz CT molecular complexity index is 533. The molecule has 1 aromatic heterocycles. The van der Waals surface area contributed by atoms with Gasteiger partial charge in [-0.15, -0.1) is 0 Å². The highest BCUT2D eigenvalue weighted by molar-refractivity contribution is 7.89. The molecule has 1 aromatic rings. The van der Waals surface area contributed by atoms with Crippen LogP contribution in [0.15, 0.2) is 17.3 Å². The highest BCUT2D eigenvalue weighted by Crippen LogP contribution is 2.16. The maximum atomic E-state index is 12.5. The molecule has 0 unspecified atom stereocenters. The van der Waals surface area contributed by atoms with Gasteiger partial charge in [0.2, 0.25) is 10.0 Å². The molecule has 0 spiro atoms. The average molecular weight is 316 g/mol. The van der Waals surface area contributed by atoms with Crippen molar-refractivity contribution in [1.29, 1.82) is 0 Å². The molecule has 0 saturated carbocycles. The lowest BCUT2D eigenvalue weighted by Gasteiger charge is -2.17. The molecule has 0 aromatic carbocycles. The average Bonchev–Trinajstić information content (AvgIpc) is 2.73. The molecular formula is C13H24N4O3S. The van der Waals surface area contributed by atoms with E-state index in [1.165, 1.54) is 10.5 Å². The second-order valence-corrected chi connectivity index (χ2v) is 7.36. The normalized spacial score (nSPS) is 18.0. The number of nitrogens with zero attached hydrogens (tertiary/aromatic N) is 3. The monoisotopic (exact) mass is 316 g/mol. The third-order valence-corrected chi connectivity index (χ3v) is 5.17. The molecular weight excluding hydrogens is 292 g/mol. The van der Waals surface area contributed by atoms with Gasteiger partial charge in [0.25, 0.3) is 0 Å². The van der Waals surface area contributed by atoms with Crippen molar-refractivity contribution in [2.24, 2.45) is 0 Å². The molecule has 2 heterocycles. The zero-order valence-corrected chi connectivity index (χ0v) is 13.5. The van der Waals surface area contributed by atoms with E-state index in [1.807, 2.05) is 0 Å². The van der Waals surface area contributed by atoms with Crippen molar-refractivity contribution in [2.75, 3.05) is 32.8 Å². The number of sulfonamides is 1.